The van der Waals surface area contributed by atoms with E-state index in [0.29, 0.717) is 35.0 Å². The van der Waals surface area contributed by atoms with Crippen molar-refractivity contribution >= 4 is 28.7 Å². The van der Waals surface area contributed by atoms with Crippen LogP contribution in [-0.2, 0) is 14.2 Å². The molecule has 2 aromatic heterocycles. The summed E-state index contributed by atoms with van der Waals surface area (Å²) >= 11 is 1.56. The van der Waals surface area contributed by atoms with Gasteiger partial charge in [-0.2, -0.15) is 0 Å². The van der Waals surface area contributed by atoms with Gasteiger partial charge in [0.2, 0.25) is 0 Å². The summed E-state index contributed by atoms with van der Waals surface area (Å²) in [6.45, 7) is 5.98. The van der Waals surface area contributed by atoms with Crippen LogP contribution in [0.15, 0.2) is 29.0 Å². The molecule has 7 atom stereocenters. The molecule has 0 aromatic carbocycles. The van der Waals surface area contributed by atoms with Gasteiger partial charge >= 0.3 is 0 Å². The molecule has 1 saturated heterocycles. The summed E-state index contributed by atoms with van der Waals surface area (Å²) < 4.78 is 47.5. The zero-order valence-corrected chi connectivity index (χ0v) is 23.0. The minimum absolute atomic E-state index is 0.0573. The van der Waals surface area contributed by atoms with Gasteiger partial charge in [-0.05, 0) is 57.1 Å². The Morgan fingerprint density at radius 2 is 2.03 bits per heavy atom. The monoisotopic (exact) mass is 564 g/mol. The highest BCUT2D eigenvalue weighted by atomic mass is 32.2. The second-order valence-electron chi connectivity index (χ2n) is 11.0. The van der Waals surface area contributed by atoms with E-state index < -0.39 is 17.4 Å². The summed E-state index contributed by atoms with van der Waals surface area (Å²) in [5.74, 6) is -0.761. The van der Waals surface area contributed by atoms with Gasteiger partial charge in [-0.3, -0.25) is 0 Å². The van der Waals surface area contributed by atoms with Crippen LogP contribution in [0.25, 0.3) is 11.2 Å². The smallest absolute Gasteiger partial charge is 0.191 e. The number of anilines is 1. The third kappa shape index (κ3) is 5.31. The van der Waals surface area contributed by atoms with Crippen LogP contribution in [0.5, 0.6) is 0 Å². The van der Waals surface area contributed by atoms with Crippen molar-refractivity contribution in [3.05, 3.63) is 23.8 Å². The van der Waals surface area contributed by atoms with Crippen LogP contribution >= 0.6 is 11.8 Å². The van der Waals surface area contributed by atoms with Gasteiger partial charge in [-0.25, -0.2) is 23.4 Å². The van der Waals surface area contributed by atoms with Crippen LogP contribution in [0, 0.1) is 11.8 Å². The van der Waals surface area contributed by atoms with Crippen molar-refractivity contribution in [1.82, 2.24) is 25.0 Å². The highest BCUT2D eigenvalue weighted by Gasteiger charge is 2.56. The maximum Gasteiger partial charge on any atom is 0.191 e. The molecule has 4 aliphatic rings. The van der Waals surface area contributed by atoms with E-state index in [1.54, 1.807) is 16.4 Å². The number of allylic oxidation sites excluding steroid dienone is 4. The highest BCUT2D eigenvalue weighted by Crippen LogP contribution is 2.47. The number of aliphatic hydroxyl groups is 1. The molecule has 2 aromatic rings. The maximum absolute atomic E-state index is 13.8. The predicted molar refractivity (Wildman–Crippen MR) is 140 cm³/mol. The summed E-state index contributed by atoms with van der Waals surface area (Å²) in [6, 6.07) is -0.164. The molecule has 7 unspecified atom stereocenters. The average Bonchev–Trinajstić information content (AvgIpc) is 3.24. The summed E-state index contributed by atoms with van der Waals surface area (Å²) in [6.07, 6.45) is 4.68. The Morgan fingerprint density at radius 1 is 1.21 bits per heavy atom. The summed E-state index contributed by atoms with van der Waals surface area (Å²) in [4.78, 5) is 9.60. The van der Waals surface area contributed by atoms with E-state index in [-0.39, 0.29) is 55.4 Å². The Labute approximate surface area is 229 Å². The van der Waals surface area contributed by atoms with E-state index in [1.807, 2.05) is 13.8 Å². The number of fused-ring (bicyclic) bond motifs is 2. The van der Waals surface area contributed by atoms with Gasteiger partial charge < -0.3 is 24.6 Å². The molecule has 3 fully saturated rings. The van der Waals surface area contributed by atoms with Crippen molar-refractivity contribution in [2.45, 2.75) is 87.8 Å². The van der Waals surface area contributed by atoms with Crippen molar-refractivity contribution in [2.24, 2.45) is 11.8 Å². The first-order valence-electron chi connectivity index (χ1n) is 13.6. The SMILES string of the molecule is CCCSc1nc(NC2CC2C2C=C(F)C(F)=CC2)c2nnn(C3CC(OCCO)C4OC(C)(C)OC43)c2n1. The van der Waals surface area contributed by atoms with Gasteiger partial charge in [-0.1, -0.05) is 23.9 Å². The standard InChI is InChI=1S/C26H34F2N6O4S/c1-4-9-39-25-30-23(29-17-11-14(17)13-5-6-15(27)16(28)10-13)20-24(31-25)34(33-32-20)18-12-19(36-8-7-35)22-21(18)37-26(2,3)38-22/h6,10,13-14,17-19,21-22,35H,4-5,7-9,11-12H2,1-3H3,(H,29,30,31). The van der Waals surface area contributed by atoms with Gasteiger partial charge in [0.15, 0.2) is 39.6 Å². The Morgan fingerprint density at radius 3 is 2.79 bits per heavy atom. The molecule has 10 nitrogen and oxygen atoms in total. The van der Waals surface area contributed by atoms with Gasteiger partial charge in [0.1, 0.15) is 12.2 Å². The second kappa shape index (κ2) is 10.7. The van der Waals surface area contributed by atoms with Crippen molar-refractivity contribution in [3.8, 4) is 0 Å². The third-order valence-electron chi connectivity index (χ3n) is 7.73. The summed E-state index contributed by atoms with van der Waals surface area (Å²) in [5.41, 5.74) is 1.14. The fourth-order valence-electron chi connectivity index (χ4n) is 5.91. The molecule has 0 spiro atoms. The lowest BCUT2D eigenvalue weighted by Gasteiger charge is -2.23. The molecule has 212 valence electrons. The van der Waals surface area contributed by atoms with Crippen LogP contribution in [-0.4, -0.2) is 79.2 Å². The molecule has 3 heterocycles. The number of hydrogen-bond donors (Lipinski definition) is 2. The van der Waals surface area contributed by atoms with Crippen molar-refractivity contribution < 1.29 is 28.1 Å². The van der Waals surface area contributed by atoms with Crippen molar-refractivity contribution in [2.75, 3.05) is 24.3 Å². The quantitative estimate of drug-likeness (QED) is 0.323. The van der Waals surface area contributed by atoms with E-state index in [9.17, 15) is 13.9 Å². The van der Waals surface area contributed by atoms with E-state index in [4.69, 9.17) is 24.2 Å². The van der Waals surface area contributed by atoms with Gasteiger partial charge in [-0.15, -0.1) is 5.10 Å². The number of rotatable bonds is 10. The van der Waals surface area contributed by atoms with Gasteiger partial charge in [0.25, 0.3) is 0 Å². The van der Waals surface area contributed by atoms with Gasteiger partial charge in [0, 0.05) is 18.2 Å². The Kier molecular flexibility index (Phi) is 7.38. The second-order valence-corrected chi connectivity index (χ2v) is 12.1. The first-order chi connectivity index (χ1) is 18.8. The fraction of sp³-hybridized carbons (Fsp3) is 0.692. The molecular formula is C26H34F2N6O4S. The molecular weight excluding hydrogens is 530 g/mol. The Balaban J connectivity index is 1.29. The first kappa shape index (κ1) is 27.0. The number of hydrogen-bond acceptors (Lipinski definition) is 10. The molecule has 6 rings (SSSR count). The molecule has 13 heteroatoms. The van der Waals surface area contributed by atoms with Crippen LogP contribution in [0.3, 0.4) is 0 Å². The highest BCUT2D eigenvalue weighted by molar-refractivity contribution is 7.99. The molecule has 2 N–H and O–H groups in total. The fourth-order valence-corrected chi connectivity index (χ4v) is 6.60. The molecule has 0 bridgehead atoms. The number of halogens is 2. The maximum atomic E-state index is 13.8. The number of thioether (sulfide) groups is 1. The molecule has 39 heavy (non-hydrogen) atoms. The Hall–Kier alpha value is -2.19. The molecule has 3 aliphatic carbocycles. The largest absolute Gasteiger partial charge is 0.394 e. The first-order valence-corrected chi connectivity index (χ1v) is 14.6. The average molecular weight is 565 g/mol. The number of nitrogens with zero attached hydrogens (tertiary/aromatic N) is 5. The zero-order valence-electron chi connectivity index (χ0n) is 22.2. The minimum atomic E-state index is -0.778. The third-order valence-corrected chi connectivity index (χ3v) is 8.78. The van der Waals surface area contributed by atoms with Crippen LogP contribution in [0.4, 0.5) is 14.6 Å². The lowest BCUT2D eigenvalue weighted by Crippen LogP contribution is -2.31. The van der Waals surface area contributed by atoms with Crippen LogP contribution in [0.1, 0.15) is 52.5 Å². The van der Waals surface area contributed by atoms with Crippen LogP contribution in [0.2, 0.25) is 0 Å². The number of aliphatic hydroxyl groups excluding tert-OH is 1. The lowest BCUT2D eigenvalue weighted by molar-refractivity contribution is -0.171. The lowest BCUT2D eigenvalue weighted by atomic mass is 9.94. The summed E-state index contributed by atoms with van der Waals surface area (Å²) in [7, 11) is 0. The molecule has 1 aliphatic heterocycles. The number of aromatic nitrogens is 5. The zero-order chi connectivity index (χ0) is 27.3. The van der Waals surface area contributed by atoms with E-state index >= 15 is 0 Å². The molecule has 0 radical (unpaired) electrons. The number of ether oxygens (including phenoxy) is 3. The summed E-state index contributed by atoms with van der Waals surface area (Å²) in [5, 5.41) is 22.4. The molecule has 2 saturated carbocycles. The normalized spacial score (nSPS) is 33.2. The Bertz CT molecular complexity index is 1290. The predicted octanol–water partition coefficient (Wildman–Crippen LogP) is 4.09. The van der Waals surface area contributed by atoms with Crippen molar-refractivity contribution in [1.29, 1.82) is 0 Å². The topological polar surface area (TPSA) is 116 Å². The van der Waals surface area contributed by atoms with Crippen molar-refractivity contribution in [3.63, 3.8) is 0 Å². The van der Waals surface area contributed by atoms with Crippen LogP contribution < -0.4 is 5.32 Å². The van der Waals surface area contributed by atoms with E-state index in [2.05, 4.69) is 22.6 Å². The van der Waals surface area contributed by atoms with E-state index in [0.717, 1.165) is 18.6 Å². The van der Waals surface area contributed by atoms with Gasteiger partial charge in [0.05, 0.1) is 25.4 Å². The minimum Gasteiger partial charge on any atom is -0.394 e. The van der Waals surface area contributed by atoms with E-state index in [1.165, 1.54) is 12.2 Å². The molecule has 0 amide bonds. The number of nitrogens with one attached hydrogen (secondary N) is 1.